The summed E-state index contributed by atoms with van der Waals surface area (Å²) < 4.78 is 72.6. The zero-order chi connectivity index (χ0) is 33.1. The van der Waals surface area contributed by atoms with E-state index in [4.69, 9.17) is 32.9 Å². The molecule has 0 aliphatic carbocycles. The van der Waals surface area contributed by atoms with Crippen LogP contribution in [0.25, 0.3) is 34.5 Å². The minimum absolute atomic E-state index is 0.163. The Labute approximate surface area is 272 Å². The lowest BCUT2D eigenvalue weighted by molar-refractivity contribution is -0.0429. The number of sulfonamides is 1. The van der Waals surface area contributed by atoms with Gasteiger partial charge >= 0.3 is 21.5 Å². The van der Waals surface area contributed by atoms with E-state index in [1.54, 1.807) is 100 Å². The highest BCUT2D eigenvalue weighted by atomic mass is 35.5. The lowest BCUT2D eigenvalue weighted by atomic mass is 10.0. The smallest absolute Gasteiger partial charge is 0.465 e. The molecular weight excluding hydrogens is 662 g/mol. The third-order valence-corrected chi connectivity index (χ3v) is 8.51. The molecule has 1 N–H and O–H groups in total. The highest BCUT2D eigenvalue weighted by Crippen LogP contribution is 2.33. The van der Waals surface area contributed by atoms with Gasteiger partial charge in [0.05, 0.1) is 29.1 Å². The third kappa shape index (κ3) is 7.44. The number of aromatic nitrogens is 2. The molecule has 13 heteroatoms. The quantitative estimate of drug-likeness (QED) is 0.157. The van der Waals surface area contributed by atoms with Crippen LogP contribution in [0.4, 0.5) is 18.9 Å². The molecule has 1 heterocycles. The van der Waals surface area contributed by atoms with Gasteiger partial charge in [-0.15, -0.1) is 0 Å². The molecule has 0 atom stereocenters. The Hall–Kier alpha value is -4.58. The number of hydrogen-bond donors (Lipinski definition) is 1. The van der Waals surface area contributed by atoms with Crippen molar-refractivity contribution in [3.05, 3.63) is 130 Å². The number of methoxy groups -OCH3 is 1. The zero-order valence-electron chi connectivity index (χ0n) is 23.9. The van der Waals surface area contributed by atoms with E-state index in [9.17, 15) is 26.4 Å². The second kappa shape index (κ2) is 13.4. The molecule has 0 saturated carbocycles. The summed E-state index contributed by atoms with van der Waals surface area (Å²) in [6.45, 7) is 0.292. The molecule has 0 radical (unpaired) electrons. The maximum absolute atomic E-state index is 13.4. The minimum atomic E-state index is -5.72. The SMILES string of the molecule is COC(=O)c1ccc(Cn2cc(-c3ccc(Cl)cc3Cl)nc2C=Cc2ccc(-c3ccccc3)cc2NS(=O)(=O)C(F)(F)F)cc1. The number of hydrogen-bond acceptors (Lipinski definition) is 5. The predicted octanol–water partition coefficient (Wildman–Crippen LogP) is 8.79. The maximum atomic E-state index is 13.4. The number of anilines is 1. The third-order valence-electron chi connectivity index (χ3n) is 6.86. The number of esters is 1. The maximum Gasteiger partial charge on any atom is 0.516 e. The molecule has 1 aromatic heterocycles. The summed E-state index contributed by atoms with van der Waals surface area (Å²) in [6.07, 6.45) is 4.77. The fraction of sp³-hybridized carbons (Fsp3) is 0.0909. The second-order valence-corrected chi connectivity index (χ2v) is 12.5. The number of benzene rings is 4. The standard InChI is InChI=1S/C33H24Cl2F3N3O4S/c1-45-32(42)24-9-7-21(8-10-24)19-41-20-30(27-15-14-26(34)18-28(27)35)39-31(41)16-13-23-11-12-25(22-5-3-2-4-6-22)17-29(23)40-46(43,44)33(36,37)38/h2-18,20,40H,19H2,1H3. The van der Waals surface area contributed by atoms with Crippen LogP contribution in [0.15, 0.2) is 97.2 Å². The largest absolute Gasteiger partial charge is 0.516 e. The van der Waals surface area contributed by atoms with E-state index in [-0.39, 0.29) is 11.3 Å². The van der Waals surface area contributed by atoms with Crippen LogP contribution in [0.5, 0.6) is 0 Å². The first-order chi connectivity index (χ1) is 21.8. The Morgan fingerprint density at radius 1 is 0.935 bits per heavy atom. The Kier molecular flexibility index (Phi) is 9.57. The molecule has 4 aromatic carbocycles. The van der Waals surface area contributed by atoms with Gasteiger partial charge in [-0.2, -0.15) is 21.6 Å². The normalized spacial score (nSPS) is 12.0. The zero-order valence-corrected chi connectivity index (χ0v) is 26.3. The van der Waals surface area contributed by atoms with E-state index in [0.29, 0.717) is 50.4 Å². The van der Waals surface area contributed by atoms with Crippen LogP contribution in [0.1, 0.15) is 27.3 Å². The number of nitrogens with one attached hydrogen (secondary N) is 1. The molecule has 5 rings (SSSR count). The van der Waals surface area contributed by atoms with Crippen molar-refractivity contribution in [3.63, 3.8) is 0 Å². The number of carbonyl (C=O) groups excluding carboxylic acids is 1. The average molecular weight is 687 g/mol. The molecule has 0 spiro atoms. The van der Waals surface area contributed by atoms with Crippen LogP contribution in [0.3, 0.4) is 0 Å². The monoisotopic (exact) mass is 685 g/mol. The molecule has 0 unspecified atom stereocenters. The summed E-state index contributed by atoms with van der Waals surface area (Å²) in [7, 11) is -4.43. The number of alkyl halides is 3. The molecule has 0 bridgehead atoms. The first kappa shape index (κ1) is 32.8. The fourth-order valence-electron chi connectivity index (χ4n) is 4.54. The van der Waals surface area contributed by atoms with Gasteiger partial charge in [-0.3, -0.25) is 4.72 Å². The van der Waals surface area contributed by atoms with Crippen LogP contribution >= 0.6 is 23.2 Å². The Bertz CT molecular complexity index is 2030. The molecular formula is C33H24Cl2F3N3O4S. The van der Waals surface area contributed by atoms with E-state index in [0.717, 1.165) is 5.56 Å². The molecule has 7 nitrogen and oxygen atoms in total. The van der Waals surface area contributed by atoms with E-state index in [2.05, 4.69) is 0 Å². The van der Waals surface area contributed by atoms with Gasteiger partial charge < -0.3 is 9.30 Å². The van der Waals surface area contributed by atoms with Crippen LogP contribution < -0.4 is 4.72 Å². The number of halogens is 5. The Morgan fingerprint density at radius 3 is 2.30 bits per heavy atom. The van der Waals surface area contributed by atoms with Gasteiger partial charge in [-0.05, 0) is 70.8 Å². The minimum Gasteiger partial charge on any atom is -0.465 e. The fourth-order valence-corrected chi connectivity index (χ4v) is 5.63. The number of imidazole rings is 1. The molecule has 46 heavy (non-hydrogen) atoms. The lowest BCUT2D eigenvalue weighted by Gasteiger charge is -2.14. The van der Waals surface area contributed by atoms with Gasteiger partial charge in [0.25, 0.3) is 0 Å². The van der Waals surface area contributed by atoms with Crippen molar-refractivity contribution in [2.24, 2.45) is 0 Å². The van der Waals surface area contributed by atoms with Gasteiger partial charge in [0.15, 0.2) is 0 Å². The lowest BCUT2D eigenvalue weighted by Crippen LogP contribution is -2.30. The first-order valence-corrected chi connectivity index (χ1v) is 15.7. The highest BCUT2D eigenvalue weighted by molar-refractivity contribution is 7.93. The predicted molar refractivity (Wildman–Crippen MR) is 174 cm³/mol. The van der Waals surface area contributed by atoms with E-state index >= 15 is 0 Å². The van der Waals surface area contributed by atoms with Crippen molar-refractivity contribution >= 4 is 57.0 Å². The van der Waals surface area contributed by atoms with Crippen molar-refractivity contribution in [2.75, 3.05) is 11.8 Å². The van der Waals surface area contributed by atoms with Gasteiger partial charge in [-0.25, -0.2) is 9.78 Å². The molecule has 0 fully saturated rings. The summed E-state index contributed by atoms with van der Waals surface area (Å²) in [5.41, 5.74) is -2.18. The van der Waals surface area contributed by atoms with E-state index in [1.165, 1.54) is 25.3 Å². The number of nitrogens with zero attached hydrogens (tertiary/aromatic N) is 2. The molecule has 0 saturated heterocycles. The van der Waals surface area contributed by atoms with Gasteiger partial charge in [0.1, 0.15) is 5.82 Å². The number of rotatable bonds is 9. The van der Waals surface area contributed by atoms with Crippen LogP contribution in [0.2, 0.25) is 10.0 Å². The van der Waals surface area contributed by atoms with Crippen molar-refractivity contribution in [3.8, 4) is 22.4 Å². The first-order valence-electron chi connectivity index (χ1n) is 13.5. The van der Waals surface area contributed by atoms with Crippen molar-refractivity contribution in [2.45, 2.75) is 12.1 Å². The summed E-state index contributed by atoms with van der Waals surface area (Å²) in [5, 5.41) is 0.794. The van der Waals surface area contributed by atoms with E-state index in [1.807, 2.05) is 0 Å². The molecule has 0 aliphatic heterocycles. The summed E-state index contributed by atoms with van der Waals surface area (Å²) in [6, 6.07) is 25.0. The van der Waals surface area contributed by atoms with Crippen molar-refractivity contribution < 1.29 is 31.1 Å². The van der Waals surface area contributed by atoms with Gasteiger partial charge in [0.2, 0.25) is 0 Å². The summed E-state index contributed by atoms with van der Waals surface area (Å²) in [5.74, 6) is -0.0949. The van der Waals surface area contributed by atoms with Gasteiger partial charge in [-0.1, -0.05) is 77.8 Å². The van der Waals surface area contributed by atoms with Crippen LogP contribution in [0, 0.1) is 0 Å². The van der Waals surface area contributed by atoms with Gasteiger partial charge in [0, 0.05) is 23.3 Å². The number of ether oxygens (including phenoxy) is 1. The summed E-state index contributed by atoms with van der Waals surface area (Å²) in [4.78, 5) is 16.6. The second-order valence-electron chi connectivity index (χ2n) is 9.98. The molecule has 0 aliphatic rings. The molecule has 0 amide bonds. The van der Waals surface area contributed by atoms with Crippen molar-refractivity contribution in [1.82, 2.24) is 9.55 Å². The molecule has 236 valence electrons. The molecule has 5 aromatic rings. The Morgan fingerprint density at radius 2 is 1.65 bits per heavy atom. The van der Waals surface area contributed by atoms with Crippen LogP contribution in [-0.4, -0.2) is 36.6 Å². The summed E-state index contributed by atoms with van der Waals surface area (Å²) >= 11 is 12.5. The topological polar surface area (TPSA) is 90.3 Å². The van der Waals surface area contributed by atoms with Crippen LogP contribution in [-0.2, 0) is 21.3 Å². The Balaban J connectivity index is 1.57. The highest BCUT2D eigenvalue weighted by Gasteiger charge is 2.46. The number of carbonyl (C=O) groups is 1. The van der Waals surface area contributed by atoms with E-state index < -0.39 is 21.5 Å². The van der Waals surface area contributed by atoms with Crippen molar-refractivity contribution in [1.29, 1.82) is 0 Å². The average Bonchev–Trinajstić information content (AvgIpc) is 3.41.